The van der Waals surface area contributed by atoms with E-state index in [9.17, 15) is 0 Å². The fourth-order valence-corrected chi connectivity index (χ4v) is 2.28. The standard InChI is InChI=1S/C18H23NO/c1-3-14-4-6-15(7-5-14)8-13-18(19)16-9-11-17(20-2)12-10-16/h4-7,9-12,18H,3,8,13,19H2,1-2H3. The van der Waals surface area contributed by atoms with E-state index >= 15 is 0 Å². The Morgan fingerprint density at radius 3 is 2.10 bits per heavy atom. The number of hydrogen-bond acceptors (Lipinski definition) is 2. The van der Waals surface area contributed by atoms with E-state index < -0.39 is 0 Å². The fourth-order valence-electron chi connectivity index (χ4n) is 2.28. The van der Waals surface area contributed by atoms with Crippen LogP contribution in [0.1, 0.15) is 36.1 Å². The summed E-state index contributed by atoms with van der Waals surface area (Å²) in [6, 6.07) is 16.9. The zero-order valence-electron chi connectivity index (χ0n) is 12.3. The molecule has 0 saturated carbocycles. The first kappa shape index (κ1) is 14.6. The molecule has 20 heavy (non-hydrogen) atoms. The summed E-state index contributed by atoms with van der Waals surface area (Å²) >= 11 is 0. The molecule has 2 N–H and O–H groups in total. The fraction of sp³-hybridized carbons (Fsp3) is 0.333. The van der Waals surface area contributed by atoms with Gasteiger partial charge in [-0.05, 0) is 48.1 Å². The summed E-state index contributed by atoms with van der Waals surface area (Å²) in [5.74, 6) is 0.871. The van der Waals surface area contributed by atoms with Gasteiger partial charge in [0, 0.05) is 6.04 Å². The van der Waals surface area contributed by atoms with Crippen molar-refractivity contribution in [1.29, 1.82) is 0 Å². The molecular weight excluding hydrogens is 246 g/mol. The van der Waals surface area contributed by atoms with Crippen molar-refractivity contribution in [2.75, 3.05) is 7.11 Å². The van der Waals surface area contributed by atoms with Crippen molar-refractivity contribution in [3.05, 3.63) is 65.2 Å². The van der Waals surface area contributed by atoms with Gasteiger partial charge in [-0.3, -0.25) is 0 Å². The first-order valence-corrected chi connectivity index (χ1v) is 7.20. The van der Waals surface area contributed by atoms with Gasteiger partial charge in [-0.25, -0.2) is 0 Å². The molecule has 2 nitrogen and oxygen atoms in total. The van der Waals surface area contributed by atoms with Crippen molar-refractivity contribution in [1.82, 2.24) is 0 Å². The maximum atomic E-state index is 6.25. The Kier molecular flexibility index (Phi) is 5.19. The molecule has 0 spiro atoms. The average Bonchev–Trinajstić information content (AvgIpc) is 2.53. The molecule has 1 atom stereocenters. The second-order valence-corrected chi connectivity index (χ2v) is 5.09. The van der Waals surface area contributed by atoms with Crippen LogP contribution in [-0.2, 0) is 12.8 Å². The minimum Gasteiger partial charge on any atom is -0.497 e. The highest BCUT2D eigenvalue weighted by Gasteiger charge is 2.06. The first-order chi connectivity index (χ1) is 9.72. The minimum atomic E-state index is 0.0757. The summed E-state index contributed by atoms with van der Waals surface area (Å²) in [4.78, 5) is 0. The molecule has 0 fully saturated rings. The predicted molar refractivity (Wildman–Crippen MR) is 84.1 cm³/mol. The summed E-state index contributed by atoms with van der Waals surface area (Å²) < 4.78 is 5.16. The quantitative estimate of drug-likeness (QED) is 0.863. The number of aryl methyl sites for hydroxylation is 2. The number of nitrogens with two attached hydrogens (primary N) is 1. The normalized spacial score (nSPS) is 12.2. The van der Waals surface area contributed by atoms with Crippen LogP contribution >= 0.6 is 0 Å². The maximum absolute atomic E-state index is 6.25. The zero-order valence-corrected chi connectivity index (χ0v) is 12.3. The lowest BCUT2D eigenvalue weighted by Gasteiger charge is -2.13. The van der Waals surface area contributed by atoms with Crippen molar-refractivity contribution < 1.29 is 4.74 Å². The molecule has 2 aromatic carbocycles. The molecule has 0 radical (unpaired) electrons. The molecular formula is C18H23NO. The van der Waals surface area contributed by atoms with Crippen LogP contribution in [0.15, 0.2) is 48.5 Å². The Bertz CT molecular complexity index is 516. The Balaban J connectivity index is 1.91. The Hall–Kier alpha value is -1.80. The Morgan fingerprint density at radius 1 is 0.950 bits per heavy atom. The van der Waals surface area contributed by atoms with Crippen molar-refractivity contribution in [3.8, 4) is 5.75 Å². The van der Waals surface area contributed by atoms with E-state index in [1.165, 1.54) is 11.1 Å². The largest absolute Gasteiger partial charge is 0.497 e. The molecule has 2 rings (SSSR count). The summed E-state index contributed by atoms with van der Waals surface area (Å²) in [6.45, 7) is 2.18. The van der Waals surface area contributed by atoms with Crippen LogP contribution < -0.4 is 10.5 Å². The molecule has 0 aliphatic rings. The molecule has 0 saturated heterocycles. The third-order valence-corrected chi connectivity index (χ3v) is 3.72. The van der Waals surface area contributed by atoms with Gasteiger partial charge in [0.25, 0.3) is 0 Å². The third kappa shape index (κ3) is 3.84. The molecule has 0 aliphatic heterocycles. The average molecular weight is 269 g/mol. The van der Waals surface area contributed by atoms with Crippen LogP contribution in [0, 0.1) is 0 Å². The van der Waals surface area contributed by atoms with Crippen LogP contribution in [-0.4, -0.2) is 7.11 Å². The highest BCUT2D eigenvalue weighted by molar-refractivity contribution is 5.29. The molecule has 1 unspecified atom stereocenters. The van der Waals surface area contributed by atoms with E-state index in [0.717, 1.165) is 30.6 Å². The lowest BCUT2D eigenvalue weighted by atomic mass is 9.99. The third-order valence-electron chi connectivity index (χ3n) is 3.72. The smallest absolute Gasteiger partial charge is 0.118 e. The molecule has 0 bridgehead atoms. The van der Waals surface area contributed by atoms with Gasteiger partial charge in [-0.1, -0.05) is 43.3 Å². The predicted octanol–water partition coefficient (Wildman–Crippen LogP) is 3.89. The number of benzene rings is 2. The topological polar surface area (TPSA) is 35.2 Å². The minimum absolute atomic E-state index is 0.0757. The van der Waals surface area contributed by atoms with Crippen molar-refractivity contribution in [2.45, 2.75) is 32.2 Å². The number of hydrogen-bond donors (Lipinski definition) is 1. The molecule has 106 valence electrons. The van der Waals surface area contributed by atoms with Crippen LogP contribution in [0.5, 0.6) is 5.75 Å². The van der Waals surface area contributed by atoms with Crippen LogP contribution in [0.25, 0.3) is 0 Å². The van der Waals surface area contributed by atoms with E-state index in [4.69, 9.17) is 10.5 Å². The monoisotopic (exact) mass is 269 g/mol. The van der Waals surface area contributed by atoms with Gasteiger partial charge < -0.3 is 10.5 Å². The molecule has 0 aliphatic carbocycles. The lowest BCUT2D eigenvalue weighted by Crippen LogP contribution is -2.11. The van der Waals surface area contributed by atoms with Crippen molar-refractivity contribution in [2.24, 2.45) is 5.73 Å². The summed E-state index contributed by atoms with van der Waals surface area (Å²) in [5.41, 5.74) is 10.1. The Labute approximate surface area is 121 Å². The summed E-state index contributed by atoms with van der Waals surface area (Å²) in [5, 5.41) is 0. The van der Waals surface area contributed by atoms with E-state index in [-0.39, 0.29) is 6.04 Å². The Morgan fingerprint density at radius 2 is 1.55 bits per heavy atom. The van der Waals surface area contributed by atoms with Gasteiger partial charge in [0.2, 0.25) is 0 Å². The first-order valence-electron chi connectivity index (χ1n) is 7.20. The van der Waals surface area contributed by atoms with E-state index in [1.807, 2.05) is 24.3 Å². The zero-order chi connectivity index (χ0) is 14.4. The highest BCUT2D eigenvalue weighted by Crippen LogP contribution is 2.20. The molecule has 0 amide bonds. The second kappa shape index (κ2) is 7.11. The molecule has 0 heterocycles. The highest BCUT2D eigenvalue weighted by atomic mass is 16.5. The SMILES string of the molecule is CCc1ccc(CCC(N)c2ccc(OC)cc2)cc1. The van der Waals surface area contributed by atoms with Crippen LogP contribution in [0.3, 0.4) is 0 Å². The van der Waals surface area contributed by atoms with E-state index in [2.05, 4.69) is 31.2 Å². The van der Waals surface area contributed by atoms with Gasteiger partial charge in [0.1, 0.15) is 5.75 Å². The van der Waals surface area contributed by atoms with Crippen molar-refractivity contribution >= 4 is 0 Å². The van der Waals surface area contributed by atoms with Crippen LogP contribution in [0.2, 0.25) is 0 Å². The molecule has 2 aromatic rings. The van der Waals surface area contributed by atoms with Gasteiger partial charge >= 0.3 is 0 Å². The van der Waals surface area contributed by atoms with Gasteiger partial charge in [-0.15, -0.1) is 0 Å². The maximum Gasteiger partial charge on any atom is 0.118 e. The summed E-state index contributed by atoms with van der Waals surface area (Å²) in [6.07, 6.45) is 3.06. The summed E-state index contributed by atoms with van der Waals surface area (Å²) in [7, 11) is 1.68. The number of ether oxygens (including phenoxy) is 1. The second-order valence-electron chi connectivity index (χ2n) is 5.09. The van der Waals surface area contributed by atoms with Gasteiger partial charge in [0.15, 0.2) is 0 Å². The van der Waals surface area contributed by atoms with E-state index in [0.29, 0.717) is 0 Å². The number of rotatable bonds is 6. The number of methoxy groups -OCH3 is 1. The van der Waals surface area contributed by atoms with Gasteiger partial charge in [0.05, 0.1) is 7.11 Å². The lowest BCUT2D eigenvalue weighted by molar-refractivity contribution is 0.414. The van der Waals surface area contributed by atoms with Crippen LogP contribution in [0.4, 0.5) is 0 Å². The molecule has 0 aromatic heterocycles. The van der Waals surface area contributed by atoms with Gasteiger partial charge in [-0.2, -0.15) is 0 Å². The van der Waals surface area contributed by atoms with Crippen molar-refractivity contribution in [3.63, 3.8) is 0 Å². The molecule has 2 heteroatoms. The van der Waals surface area contributed by atoms with E-state index in [1.54, 1.807) is 7.11 Å².